The monoisotopic (exact) mass is 312 g/mol. The Bertz CT molecular complexity index is 621. The van der Waals surface area contributed by atoms with Gasteiger partial charge in [0.2, 0.25) is 0 Å². The predicted octanol–water partition coefficient (Wildman–Crippen LogP) is 2.00. The summed E-state index contributed by atoms with van der Waals surface area (Å²) in [6.07, 6.45) is 1.15. The maximum Gasteiger partial charge on any atom is 0.338 e. The molecule has 0 saturated carbocycles. The quantitative estimate of drug-likeness (QED) is 0.777. The van der Waals surface area contributed by atoms with Crippen molar-refractivity contribution in [3.8, 4) is 0 Å². The van der Waals surface area contributed by atoms with Crippen LogP contribution >= 0.6 is 0 Å². The largest absolute Gasteiger partial charge is 0.454 e. The molecule has 0 atom stereocenters. The molecule has 21 heavy (non-hydrogen) atoms. The summed E-state index contributed by atoms with van der Waals surface area (Å²) in [6, 6.07) is 6.10. The maximum absolute atomic E-state index is 11.8. The van der Waals surface area contributed by atoms with E-state index in [1.54, 1.807) is 32.9 Å². The average Bonchev–Trinajstić information content (AvgIpc) is 2.33. The first-order chi connectivity index (χ1) is 9.49. The zero-order chi connectivity index (χ0) is 16.3. The van der Waals surface area contributed by atoms with Crippen LogP contribution in [0.2, 0.25) is 0 Å². The second kappa shape index (κ2) is 6.39. The van der Waals surface area contributed by atoms with E-state index < -0.39 is 21.2 Å². The number of ether oxygens (including phenoxy) is 1. The average molecular weight is 312 g/mol. The number of hydrogen-bond donors (Lipinski definition) is 0. The van der Waals surface area contributed by atoms with E-state index in [9.17, 15) is 18.0 Å². The molecule has 0 heterocycles. The van der Waals surface area contributed by atoms with Crippen LogP contribution < -0.4 is 0 Å². The molecule has 1 rings (SSSR count). The molecule has 0 amide bonds. The second-order valence-corrected chi connectivity index (χ2v) is 8.16. The van der Waals surface area contributed by atoms with Gasteiger partial charge in [-0.15, -0.1) is 0 Å². The van der Waals surface area contributed by atoms with Gasteiger partial charge in [0, 0.05) is 11.7 Å². The maximum atomic E-state index is 11.8. The Hall–Kier alpha value is -1.69. The van der Waals surface area contributed by atoms with Gasteiger partial charge in [0.05, 0.1) is 11.3 Å². The summed E-state index contributed by atoms with van der Waals surface area (Å²) in [4.78, 5) is 23.4. The number of Topliss-reactive ketones (excluding diaryl/α,β-unsaturated/α-hetero) is 1. The van der Waals surface area contributed by atoms with Gasteiger partial charge in [0.1, 0.15) is 0 Å². The van der Waals surface area contributed by atoms with Gasteiger partial charge in [-0.05, 0) is 17.7 Å². The van der Waals surface area contributed by atoms with Crippen LogP contribution in [0.25, 0.3) is 0 Å². The van der Waals surface area contributed by atoms with Gasteiger partial charge >= 0.3 is 5.97 Å². The summed E-state index contributed by atoms with van der Waals surface area (Å²) in [6.45, 7) is 4.99. The minimum atomic E-state index is -3.11. The van der Waals surface area contributed by atoms with Crippen molar-refractivity contribution in [2.75, 3.05) is 12.9 Å². The Kier molecular flexibility index (Phi) is 5.28. The molecule has 6 heteroatoms. The van der Waals surface area contributed by atoms with Gasteiger partial charge in [-0.2, -0.15) is 0 Å². The zero-order valence-corrected chi connectivity index (χ0v) is 13.5. The minimum absolute atomic E-state index is 0.0785. The van der Waals surface area contributed by atoms with Crippen LogP contribution in [-0.4, -0.2) is 33.0 Å². The van der Waals surface area contributed by atoms with Crippen LogP contribution in [-0.2, 0) is 25.1 Å². The van der Waals surface area contributed by atoms with Gasteiger partial charge in [-0.1, -0.05) is 32.9 Å². The molecular formula is C15H20O5S. The number of benzene rings is 1. The summed E-state index contributed by atoms with van der Waals surface area (Å²) in [7, 11) is -3.11. The molecule has 1 aromatic rings. The number of sulfone groups is 1. The standard InChI is InChI=1S/C15H20O5S/c1-15(2,3)13(16)9-20-14(17)12-7-5-11(6-8-12)10-21(4,18)19/h5-8H,9-10H2,1-4H3. The van der Waals surface area contributed by atoms with Gasteiger partial charge in [-0.3, -0.25) is 4.79 Å². The van der Waals surface area contributed by atoms with Crippen LogP contribution in [0.5, 0.6) is 0 Å². The molecule has 0 bridgehead atoms. The molecule has 0 spiro atoms. The third-order valence-corrected chi connectivity index (χ3v) is 3.65. The van der Waals surface area contributed by atoms with E-state index >= 15 is 0 Å². The lowest BCUT2D eigenvalue weighted by atomic mass is 9.91. The van der Waals surface area contributed by atoms with Crippen molar-refractivity contribution in [3.63, 3.8) is 0 Å². The van der Waals surface area contributed by atoms with E-state index in [-0.39, 0.29) is 23.7 Å². The summed E-state index contributed by atoms with van der Waals surface area (Å²) in [5, 5.41) is 0. The first-order valence-electron chi connectivity index (χ1n) is 6.46. The lowest BCUT2D eigenvalue weighted by Gasteiger charge is -2.16. The van der Waals surface area contributed by atoms with E-state index in [0.717, 1.165) is 6.26 Å². The Morgan fingerprint density at radius 1 is 1.10 bits per heavy atom. The highest BCUT2D eigenvalue weighted by Gasteiger charge is 2.22. The van der Waals surface area contributed by atoms with Crippen molar-refractivity contribution in [3.05, 3.63) is 35.4 Å². The highest BCUT2D eigenvalue weighted by molar-refractivity contribution is 7.89. The van der Waals surface area contributed by atoms with E-state index in [1.807, 2.05) is 0 Å². The molecule has 0 N–H and O–H groups in total. The molecule has 116 valence electrons. The summed E-state index contributed by atoms with van der Waals surface area (Å²) in [5.41, 5.74) is 0.327. The van der Waals surface area contributed by atoms with Crippen molar-refractivity contribution in [1.82, 2.24) is 0 Å². The fourth-order valence-corrected chi connectivity index (χ4v) is 2.27. The fraction of sp³-hybridized carbons (Fsp3) is 0.467. The van der Waals surface area contributed by atoms with E-state index in [4.69, 9.17) is 4.74 Å². The number of rotatable bonds is 5. The van der Waals surface area contributed by atoms with Crippen molar-refractivity contribution < 1.29 is 22.7 Å². The minimum Gasteiger partial charge on any atom is -0.454 e. The summed E-state index contributed by atoms with van der Waals surface area (Å²) < 4.78 is 27.3. The van der Waals surface area contributed by atoms with Crippen LogP contribution in [0.1, 0.15) is 36.7 Å². The van der Waals surface area contributed by atoms with Gasteiger partial charge in [0.15, 0.2) is 22.2 Å². The number of ketones is 1. The number of hydrogen-bond acceptors (Lipinski definition) is 5. The molecule has 0 aromatic heterocycles. The molecule has 0 saturated heterocycles. The molecule has 0 unspecified atom stereocenters. The van der Waals surface area contributed by atoms with Crippen LogP contribution in [0.15, 0.2) is 24.3 Å². The zero-order valence-electron chi connectivity index (χ0n) is 12.7. The molecule has 1 aromatic carbocycles. The SMILES string of the molecule is CC(C)(C)C(=O)COC(=O)c1ccc(CS(C)(=O)=O)cc1. The Morgan fingerprint density at radius 3 is 2.05 bits per heavy atom. The third-order valence-electron chi connectivity index (χ3n) is 2.79. The van der Waals surface area contributed by atoms with Crippen LogP contribution in [0, 0.1) is 5.41 Å². The lowest BCUT2D eigenvalue weighted by Crippen LogP contribution is -2.26. The Balaban J connectivity index is 2.66. The van der Waals surface area contributed by atoms with Gasteiger partial charge in [0.25, 0.3) is 0 Å². The number of carbonyl (C=O) groups excluding carboxylic acids is 2. The van der Waals surface area contributed by atoms with Crippen LogP contribution in [0.3, 0.4) is 0 Å². The first kappa shape index (κ1) is 17.4. The third kappa shape index (κ3) is 6.08. The summed E-state index contributed by atoms with van der Waals surface area (Å²) >= 11 is 0. The predicted molar refractivity (Wildman–Crippen MR) is 79.7 cm³/mol. The normalized spacial score (nSPS) is 12.0. The lowest BCUT2D eigenvalue weighted by molar-refractivity contribution is -0.129. The van der Waals surface area contributed by atoms with Crippen molar-refractivity contribution in [2.45, 2.75) is 26.5 Å². The fourth-order valence-electron chi connectivity index (χ4n) is 1.47. The highest BCUT2D eigenvalue weighted by atomic mass is 32.2. The molecular weight excluding hydrogens is 292 g/mol. The van der Waals surface area contributed by atoms with E-state index in [2.05, 4.69) is 0 Å². The molecule has 0 aliphatic carbocycles. The molecule has 0 aliphatic heterocycles. The van der Waals surface area contributed by atoms with Crippen molar-refractivity contribution >= 4 is 21.6 Å². The van der Waals surface area contributed by atoms with Crippen molar-refractivity contribution in [1.29, 1.82) is 0 Å². The number of esters is 1. The molecule has 0 radical (unpaired) electrons. The Labute approximate surface area is 125 Å². The van der Waals surface area contributed by atoms with Crippen LogP contribution in [0.4, 0.5) is 0 Å². The second-order valence-electron chi connectivity index (χ2n) is 6.02. The first-order valence-corrected chi connectivity index (χ1v) is 8.52. The molecule has 0 aliphatic rings. The highest BCUT2D eigenvalue weighted by Crippen LogP contribution is 2.15. The van der Waals surface area contributed by atoms with E-state index in [0.29, 0.717) is 5.56 Å². The Morgan fingerprint density at radius 2 is 1.62 bits per heavy atom. The van der Waals surface area contributed by atoms with Gasteiger partial charge in [-0.25, -0.2) is 13.2 Å². The topological polar surface area (TPSA) is 77.5 Å². The smallest absolute Gasteiger partial charge is 0.338 e. The van der Waals surface area contributed by atoms with Crippen molar-refractivity contribution in [2.24, 2.45) is 5.41 Å². The van der Waals surface area contributed by atoms with E-state index in [1.165, 1.54) is 12.1 Å². The molecule has 5 nitrogen and oxygen atoms in total. The van der Waals surface area contributed by atoms with Gasteiger partial charge < -0.3 is 4.74 Å². The summed E-state index contributed by atoms with van der Waals surface area (Å²) in [5.74, 6) is -0.840. The number of carbonyl (C=O) groups is 2. The molecule has 0 fully saturated rings.